The molecule has 2 aliphatic rings. The summed E-state index contributed by atoms with van der Waals surface area (Å²) in [5.41, 5.74) is -0.00000395. The maximum atomic E-state index is 13.0. The van der Waals surface area contributed by atoms with Gasteiger partial charge in [0.2, 0.25) is 10.0 Å². The number of urea groups is 1. The molecule has 0 bridgehead atoms. The summed E-state index contributed by atoms with van der Waals surface area (Å²) >= 11 is 6.07. The summed E-state index contributed by atoms with van der Waals surface area (Å²) in [5.74, 6) is -0.279. The predicted molar refractivity (Wildman–Crippen MR) is 113 cm³/mol. The first-order chi connectivity index (χ1) is 14.3. The molecule has 0 atom stereocenters. The molecule has 9 heteroatoms. The monoisotopic (exact) mass is 447 g/mol. The number of sulfonamides is 1. The molecule has 0 aliphatic carbocycles. The highest BCUT2D eigenvalue weighted by atomic mass is 35.5. The minimum Gasteiger partial charge on any atom is -0.323 e. The molecule has 2 aliphatic heterocycles. The van der Waals surface area contributed by atoms with E-state index >= 15 is 0 Å². The summed E-state index contributed by atoms with van der Waals surface area (Å²) < 4.78 is 27.2. The molecule has 0 aromatic heterocycles. The van der Waals surface area contributed by atoms with E-state index in [-0.39, 0.29) is 48.3 Å². The minimum atomic E-state index is -3.77. The molecule has 2 aromatic rings. The Morgan fingerprint density at radius 1 is 0.967 bits per heavy atom. The van der Waals surface area contributed by atoms with E-state index in [1.807, 2.05) is 30.3 Å². The van der Waals surface area contributed by atoms with Gasteiger partial charge >= 0.3 is 6.03 Å². The van der Waals surface area contributed by atoms with Crippen LogP contribution in [0.2, 0.25) is 5.02 Å². The number of nitrogens with one attached hydrogen (secondary N) is 1. The topological polar surface area (TPSA) is 86.8 Å². The Kier molecular flexibility index (Phi) is 5.57. The standard InChI is InChI=1S/C21H22ClN3O4S/c22-17-8-4-5-9-18(17)30(28,29)24-14-11-21(12-15-24)19(26)25(20(27)23-21)13-10-16-6-2-1-3-7-16/h1-9H,10-15H2,(H,23,27). The van der Waals surface area contributed by atoms with Crippen LogP contribution in [0.4, 0.5) is 4.79 Å². The maximum absolute atomic E-state index is 13.0. The Bertz CT molecular complexity index is 1070. The third-order valence-electron chi connectivity index (χ3n) is 5.74. The normalized spacial score (nSPS) is 19.3. The van der Waals surface area contributed by atoms with E-state index in [2.05, 4.69) is 5.32 Å². The van der Waals surface area contributed by atoms with Gasteiger partial charge in [-0.05, 0) is 37.0 Å². The summed E-state index contributed by atoms with van der Waals surface area (Å²) in [5, 5.41) is 2.98. The number of nitrogens with zero attached hydrogens (tertiary/aromatic N) is 2. The average molecular weight is 448 g/mol. The zero-order valence-electron chi connectivity index (χ0n) is 16.3. The summed E-state index contributed by atoms with van der Waals surface area (Å²) in [6.07, 6.45) is 1.02. The van der Waals surface area contributed by atoms with Crippen LogP contribution in [0.1, 0.15) is 18.4 Å². The van der Waals surface area contributed by atoms with E-state index < -0.39 is 21.6 Å². The van der Waals surface area contributed by atoms with Crippen molar-refractivity contribution in [3.05, 3.63) is 65.2 Å². The number of carbonyl (C=O) groups excluding carboxylic acids is 2. The van der Waals surface area contributed by atoms with Crippen LogP contribution in [-0.4, -0.2) is 54.7 Å². The first-order valence-electron chi connectivity index (χ1n) is 9.76. The van der Waals surface area contributed by atoms with E-state index in [0.717, 1.165) is 5.56 Å². The van der Waals surface area contributed by atoms with Gasteiger partial charge in [0.1, 0.15) is 10.4 Å². The zero-order valence-corrected chi connectivity index (χ0v) is 17.8. The van der Waals surface area contributed by atoms with Gasteiger partial charge in [0, 0.05) is 19.6 Å². The number of rotatable bonds is 5. The molecule has 1 spiro atoms. The van der Waals surface area contributed by atoms with Crippen molar-refractivity contribution < 1.29 is 18.0 Å². The Hall–Kier alpha value is -2.42. The molecule has 1 N–H and O–H groups in total. The van der Waals surface area contributed by atoms with Crippen LogP contribution in [0.15, 0.2) is 59.5 Å². The molecule has 4 rings (SSSR count). The van der Waals surface area contributed by atoms with Crippen molar-refractivity contribution in [1.82, 2.24) is 14.5 Å². The maximum Gasteiger partial charge on any atom is 0.325 e. The van der Waals surface area contributed by atoms with Crippen molar-refractivity contribution in [1.29, 1.82) is 0 Å². The van der Waals surface area contributed by atoms with Gasteiger partial charge in [-0.25, -0.2) is 13.2 Å². The number of hydrogen-bond donors (Lipinski definition) is 1. The fourth-order valence-electron chi connectivity index (χ4n) is 4.01. The fraction of sp³-hybridized carbons (Fsp3) is 0.333. The van der Waals surface area contributed by atoms with E-state index in [9.17, 15) is 18.0 Å². The average Bonchev–Trinajstić information content (AvgIpc) is 2.97. The molecule has 0 radical (unpaired) electrons. The molecular formula is C21H22ClN3O4S. The fourth-order valence-corrected chi connectivity index (χ4v) is 5.94. The van der Waals surface area contributed by atoms with E-state index in [0.29, 0.717) is 6.42 Å². The highest BCUT2D eigenvalue weighted by Gasteiger charge is 2.53. The molecule has 0 saturated carbocycles. The number of halogens is 1. The van der Waals surface area contributed by atoms with Crippen LogP contribution in [0.25, 0.3) is 0 Å². The number of amides is 3. The summed E-state index contributed by atoms with van der Waals surface area (Å²) in [7, 11) is -3.77. The van der Waals surface area contributed by atoms with Crippen LogP contribution < -0.4 is 5.32 Å². The highest BCUT2D eigenvalue weighted by Crippen LogP contribution is 2.33. The van der Waals surface area contributed by atoms with E-state index in [4.69, 9.17) is 11.6 Å². The van der Waals surface area contributed by atoms with Crippen molar-refractivity contribution in [2.75, 3.05) is 19.6 Å². The van der Waals surface area contributed by atoms with Crippen molar-refractivity contribution in [3.8, 4) is 0 Å². The second-order valence-corrected chi connectivity index (χ2v) is 9.85. The van der Waals surface area contributed by atoms with Gasteiger partial charge in [0.05, 0.1) is 5.02 Å². The number of carbonyl (C=O) groups is 2. The van der Waals surface area contributed by atoms with Crippen LogP contribution >= 0.6 is 11.6 Å². The molecule has 3 amide bonds. The van der Waals surface area contributed by atoms with Gasteiger partial charge in [-0.3, -0.25) is 9.69 Å². The predicted octanol–water partition coefficient (Wildman–Crippen LogP) is 2.66. The highest BCUT2D eigenvalue weighted by molar-refractivity contribution is 7.89. The van der Waals surface area contributed by atoms with Gasteiger partial charge in [-0.2, -0.15) is 4.31 Å². The number of piperidine rings is 1. The SMILES string of the molecule is O=C1NC2(CCN(S(=O)(=O)c3ccccc3Cl)CC2)C(=O)N1CCc1ccccc1. The lowest BCUT2D eigenvalue weighted by Gasteiger charge is -2.36. The van der Waals surface area contributed by atoms with Crippen molar-refractivity contribution in [3.63, 3.8) is 0 Å². The molecule has 158 valence electrons. The molecule has 0 unspecified atom stereocenters. The Balaban J connectivity index is 1.44. The van der Waals surface area contributed by atoms with Crippen molar-refractivity contribution in [2.45, 2.75) is 29.7 Å². The summed E-state index contributed by atoms with van der Waals surface area (Å²) in [4.78, 5) is 26.8. The first kappa shape index (κ1) is 20.8. The van der Waals surface area contributed by atoms with E-state index in [1.165, 1.54) is 21.3 Å². The Morgan fingerprint density at radius 2 is 1.60 bits per heavy atom. The molecule has 7 nitrogen and oxygen atoms in total. The second kappa shape index (κ2) is 8.02. The molecule has 2 saturated heterocycles. The molecule has 30 heavy (non-hydrogen) atoms. The molecule has 2 fully saturated rings. The minimum absolute atomic E-state index is 0.0499. The van der Waals surface area contributed by atoms with Crippen LogP contribution in [0.5, 0.6) is 0 Å². The molecular weight excluding hydrogens is 426 g/mol. The van der Waals surface area contributed by atoms with Gasteiger partial charge < -0.3 is 5.32 Å². The third kappa shape index (κ3) is 3.71. The Morgan fingerprint density at radius 3 is 2.27 bits per heavy atom. The first-order valence-corrected chi connectivity index (χ1v) is 11.6. The number of imide groups is 1. The third-order valence-corrected chi connectivity index (χ3v) is 8.14. The Labute approximate surface area is 180 Å². The van der Waals surface area contributed by atoms with E-state index in [1.54, 1.807) is 12.1 Å². The molecule has 2 heterocycles. The summed E-state index contributed by atoms with van der Waals surface area (Å²) in [6.45, 7) is 0.552. The lowest BCUT2D eigenvalue weighted by atomic mass is 9.88. The summed E-state index contributed by atoms with van der Waals surface area (Å²) in [6, 6.07) is 15.5. The quantitative estimate of drug-likeness (QED) is 0.714. The van der Waals surface area contributed by atoms with Crippen LogP contribution in [-0.2, 0) is 21.2 Å². The lowest BCUT2D eigenvalue weighted by molar-refractivity contribution is -0.132. The van der Waals surface area contributed by atoms with Gasteiger partial charge in [-0.1, -0.05) is 54.1 Å². The largest absolute Gasteiger partial charge is 0.325 e. The van der Waals surface area contributed by atoms with Crippen LogP contribution in [0.3, 0.4) is 0 Å². The second-order valence-electron chi connectivity index (χ2n) is 7.54. The number of hydrogen-bond acceptors (Lipinski definition) is 4. The van der Waals surface area contributed by atoms with Crippen molar-refractivity contribution in [2.24, 2.45) is 0 Å². The van der Waals surface area contributed by atoms with Crippen LogP contribution in [0, 0.1) is 0 Å². The van der Waals surface area contributed by atoms with Gasteiger partial charge in [0.15, 0.2) is 0 Å². The molecule has 2 aromatic carbocycles. The smallest absolute Gasteiger partial charge is 0.323 e. The zero-order chi connectivity index (χ0) is 21.4. The number of benzene rings is 2. The lowest BCUT2D eigenvalue weighted by Crippen LogP contribution is -2.55. The van der Waals surface area contributed by atoms with Gasteiger partial charge in [-0.15, -0.1) is 0 Å². The van der Waals surface area contributed by atoms with Gasteiger partial charge in [0.25, 0.3) is 5.91 Å². The van der Waals surface area contributed by atoms with Crippen molar-refractivity contribution >= 4 is 33.6 Å².